The van der Waals surface area contributed by atoms with Gasteiger partial charge in [0.1, 0.15) is 0 Å². The number of aryl methyl sites for hydroxylation is 1. The van der Waals surface area contributed by atoms with Gasteiger partial charge in [-0.15, -0.1) is 0 Å². The van der Waals surface area contributed by atoms with Crippen LogP contribution in [0.25, 0.3) is 5.69 Å². The normalized spacial score (nSPS) is 20.8. The summed E-state index contributed by atoms with van der Waals surface area (Å²) in [5.41, 5.74) is 3.68. The van der Waals surface area contributed by atoms with Gasteiger partial charge in [0.15, 0.2) is 0 Å². The standard InChI is InChI=1S/C16H19N3O/c1-10-9-14(10)16(20)17-15-11(2)18-19(12(15)3)13-7-5-4-6-8-13/h4-8,10,14H,9H2,1-3H3,(H,17,20). The first-order chi connectivity index (χ1) is 9.58. The van der Waals surface area contributed by atoms with Crippen molar-refractivity contribution in [2.24, 2.45) is 11.8 Å². The topological polar surface area (TPSA) is 46.9 Å². The van der Waals surface area contributed by atoms with Gasteiger partial charge in [-0.3, -0.25) is 4.79 Å². The van der Waals surface area contributed by atoms with E-state index in [4.69, 9.17) is 0 Å². The van der Waals surface area contributed by atoms with E-state index >= 15 is 0 Å². The van der Waals surface area contributed by atoms with Gasteiger partial charge in [0.2, 0.25) is 5.91 Å². The lowest BCUT2D eigenvalue weighted by Crippen LogP contribution is -2.15. The van der Waals surface area contributed by atoms with E-state index in [0.29, 0.717) is 5.92 Å². The summed E-state index contributed by atoms with van der Waals surface area (Å²) in [4.78, 5) is 12.1. The minimum absolute atomic E-state index is 0.122. The number of rotatable bonds is 3. The van der Waals surface area contributed by atoms with Crippen molar-refractivity contribution >= 4 is 11.6 Å². The quantitative estimate of drug-likeness (QED) is 0.930. The van der Waals surface area contributed by atoms with Crippen molar-refractivity contribution < 1.29 is 4.79 Å². The Morgan fingerprint density at radius 3 is 2.55 bits per heavy atom. The smallest absolute Gasteiger partial charge is 0.227 e. The van der Waals surface area contributed by atoms with Crippen molar-refractivity contribution in [3.8, 4) is 5.69 Å². The van der Waals surface area contributed by atoms with Crippen LogP contribution < -0.4 is 5.32 Å². The van der Waals surface area contributed by atoms with Gasteiger partial charge in [-0.25, -0.2) is 4.68 Å². The molecule has 1 aliphatic rings. The summed E-state index contributed by atoms with van der Waals surface area (Å²) in [5, 5.41) is 7.57. The van der Waals surface area contributed by atoms with Crippen molar-refractivity contribution in [1.29, 1.82) is 0 Å². The van der Waals surface area contributed by atoms with Crippen molar-refractivity contribution in [2.45, 2.75) is 27.2 Å². The van der Waals surface area contributed by atoms with Crippen LogP contribution in [0.5, 0.6) is 0 Å². The van der Waals surface area contributed by atoms with Gasteiger partial charge in [0, 0.05) is 5.92 Å². The van der Waals surface area contributed by atoms with Gasteiger partial charge in [-0.1, -0.05) is 25.1 Å². The average molecular weight is 269 g/mol. The molecule has 1 aromatic carbocycles. The molecule has 0 spiro atoms. The van der Waals surface area contributed by atoms with Crippen LogP contribution in [0, 0.1) is 25.7 Å². The zero-order valence-electron chi connectivity index (χ0n) is 12.1. The zero-order chi connectivity index (χ0) is 14.3. The molecule has 4 nitrogen and oxygen atoms in total. The number of hydrogen-bond acceptors (Lipinski definition) is 2. The molecule has 2 aromatic rings. The number of nitrogens with zero attached hydrogens (tertiary/aromatic N) is 2. The zero-order valence-corrected chi connectivity index (χ0v) is 12.1. The SMILES string of the molecule is Cc1nn(-c2ccccc2)c(C)c1NC(=O)C1CC1C. The Bertz CT molecular complexity index is 645. The molecule has 2 atom stereocenters. The van der Waals surface area contributed by atoms with Gasteiger partial charge in [0.25, 0.3) is 0 Å². The predicted octanol–water partition coefficient (Wildman–Crippen LogP) is 3.08. The summed E-state index contributed by atoms with van der Waals surface area (Å²) in [6.07, 6.45) is 0.997. The molecule has 20 heavy (non-hydrogen) atoms. The Kier molecular flexibility index (Phi) is 3.08. The first kappa shape index (κ1) is 12.9. The van der Waals surface area contributed by atoms with Crippen LogP contribution in [0.4, 0.5) is 5.69 Å². The van der Waals surface area contributed by atoms with Gasteiger partial charge in [-0.05, 0) is 38.3 Å². The molecule has 0 radical (unpaired) electrons. The van der Waals surface area contributed by atoms with Crippen molar-refractivity contribution in [1.82, 2.24) is 9.78 Å². The van der Waals surface area contributed by atoms with E-state index in [1.807, 2.05) is 48.9 Å². The first-order valence-corrected chi connectivity index (χ1v) is 7.00. The highest BCUT2D eigenvalue weighted by Gasteiger charge is 2.39. The van der Waals surface area contributed by atoms with Gasteiger partial charge in [-0.2, -0.15) is 5.10 Å². The second kappa shape index (κ2) is 4.78. The lowest BCUT2D eigenvalue weighted by molar-refractivity contribution is -0.117. The molecule has 104 valence electrons. The molecule has 3 rings (SSSR count). The number of para-hydroxylation sites is 1. The maximum atomic E-state index is 12.1. The number of carbonyl (C=O) groups is 1. The molecule has 1 saturated carbocycles. The molecular formula is C16H19N3O. The fourth-order valence-electron chi connectivity index (χ4n) is 2.55. The minimum atomic E-state index is 0.122. The molecule has 0 saturated heterocycles. The maximum Gasteiger partial charge on any atom is 0.227 e. The summed E-state index contributed by atoms with van der Waals surface area (Å²) < 4.78 is 1.88. The van der Waals surface area contributed by atoms with Crippen LogP contribution >= 0.6 is 0 Å². The minimum Gasteiger partial charge on any atom is -0.323 e. The Morgan fingerprint density at radius 2 is 1.95 bits per heavy atom. The third kappa shape index (κ3) is 2.22. The van der Waals surface area contributed by atoms with E-state index in [-0.39, 0.29) is 11.8 Å². The summed E-state index contributed by atoms with van der Waals surface area (Å²) in [6, 6.07) is 9.96. The monoisotopic (exact) mass is 269 g/mol. The number of nitrogens with one attached hydrogen (secondary N) is 1. The second-order valence-corrected chi connectivity index (χ2v) is 5.60. The summed E-state index contributed by atoms with van der Waals surface area (Å²) >= 11 is 0. The predicted molar refractivity (Wildman–Crippen MR) is 78.9 cm³/mol. The van der Waals surface area contributed by atoms with Crippen LogP contribution in [-0.2, 0) is 4.79 Å². The molecule has 2 unspecified atom stereocenters. The Morgan fingerprint density at radius 1 is 1.30 bits per heavy atom. The molecule has 1 aromatic heterocycles. The van der Waals surface area contributed by atoms with E-state index in [0.717, 1.165) is 29.2 Å². The van der Waals surface area contributed by atoms with E-state index in [2.05, 4.69) is 17.3 Å². The lowest BCUT2D eigenvalue weighted by atomic mass is 10.2. The maximum absolute atomic E-state index is 12.1. The van der Waals surface area contributed by atoms with Crippen LogP contribution in [0.3, 0.4) is 0 Å². The highest BCUT2D eigenvalue weighted by Crippen LogP contribution is 2.39. The third-order valence-corrected chi connectivity index (χ3v) is 3.99. The molecule has 0 bridgehead atoms. The molecule has 1 amide bonds. The van der Waals surface area contributed by atoms with E-state index in [9.17, 15) is 4.79 Å². The molecule has 1 heterocycles. The van der Waals surface area contributed by atoms with Gasteiger partial charge < -0.3 is 5.32 Å². The fourth-order valence-corrected chi connectivity index (χ4v) is 2.55. The second-order valence-electron chi connectivity index (χ2n) is 5.60. The van der Waals surface area contributed by atoms with Crippen LogP contribution in [0.15, 0.2) is 30.3 Å². The fraction of sp³-hybridized carbons (Fsp3) is 0.375. The lowest BCUT2D eigenvalue weighted by Gasteiger charge is -2.06. The summed E-state index contributed by atoms with van der Waals surface area (Å²) in [5.74, 6) is 0.810. The molecule has 1 fully saturated rings. The Hall–Kier alpha value is -2.10. The van der Waals surface area contributed by atoms with E-state index in [1.165, 1.54) is 0 Å². The van der Waals surface area contributed by atoms with Crippen molar-refractivity contribution in [3.63, 3.8) is 0 Å². The van der Waals surface area contributed by atoms with Crippen LogP contribution in [0.2, 0.25) is 0 Å². The summed E-state index contributed by atoms with van der Waals surface area (Å²) in [6.45, 7) is 6.02. The number of amides is 1. The first-order valence-electron chi connectivity index (χ1n) is 7.00. The average Bonchev–Trinajstić information content (AvgIpc) is 3.12. The van der Waals surface area contributed by atoms with E-state index < -0.39 is 0 Å². The number of hydrogen-bond donors (Lipinski definition) is 1. The Balaban J connectivity index is 1.89. The van der Waals surface area contributed by atoms with E-state index in [1.54, 1.807) is 0 Å². The number of anilines is 1. The van der Waals surface area contributed by atoms with Crippen LogP contribution in [0.1, 0.15) is 24.7 Å². The third-order valence-electron chi connectivity index (χ3n) is 3.99. The number of benzene rings is 1. The largest absolute Gasteiger partial charge is 0.323 e. The van der Waals surface area contributed by atoms with Crippen molar-refractivity contribution in [2.75, 3.05) is 5.32 Å². The molecule has 1 N–H and O–H groups in total. The number of aromatic nitrogens is 2. The summed E-state index contributed by atoms with van der Waals surface area (Å²) in [7, 11) is 0. The van der Waals surface area contributed by atoms with Crippen LogP contribution in [-0.4, -0.2) is 15.7 Å². The molecule has 0 aliphatic heterocycles. The molecule has 4 heteroatoms. The molecule has 1 aliphatic carbocycles. The van der Waals surface area contributed by atoms with Gasteiger partial charge in [0.05, 0.1) is 22.8 Å². The molecular weight excluding hydrogens is 250 g/mol. The number of carbonyl (C=O) groups excluding carboxylic acids is 1. The van der Waals surface area contributed by atoms with Crippen molar-refractivity contribution in [3.05, 3.63) is 41.7 Å². The van der Waals surface area contributed by atoms with Gasteiger partial charge >= 0.3 is 0 Å². The highest BCUT2D eigenvalue weighted by molar-refractivity contribution is 5.95. The Labute approximate surface area is 118 Å². The highest BCUT2D eigenvalue weighted by atomic mass is 16.2.